The maximum absolute atomic E-state index is 3.82. The summed E-state index contributed by atoms with van der Waals surface area (Å²) >= 11 is 0. The third-order valence-electron chi connectivity index (χ3n) is 6.54. The van der Waals surface area contributed by atoms with Crippen LogP contribution in [0.3, 0.4) is 0 Å². The molecular formula is C21H40N2. The Bertz CT molecular complexity index is 369. The van der Waals surface area contributed by atoms with Gasteiger partial charge in [0, 0.05) is 25.2 Å². The maximum Gasteiger partial charge on any atom is 0.0130 e. The van der Waals surface area contributed by atoms with E-state index in [0.717, 1.165) is 30.8 Å². The number of hydrogen-bond acceptors (Lipinski definition) is 2. The first-order valence-corrected chi connectivity index (χ1v) is 10.1. The molecule has 2 nitrogen and oxygen atoms in total. The van der Waals surface area contributed by atoms with Crippen molar-refractivity contribution in [1.82, 2.24) is 10.6 Å². The molecule has 0 atom stereocenters. The highest BCUT2D eigenvalue weighted by molar-refractivity contribution is 5.02. The summed E-state index contributed by atoms with van der Waals surface area (Å²) in [4.78, 5) is 0. The zero-order chi connectivity index (χ0) is 16.7. The summed E-state index contributed by atoms with van der Waals surface area (Å²) in [6.45, 7) is 15.2. The lowest BCUT2D eigenvalue weighted by molar-refractivity contribution is -0.0511. The molecular weight excluding hydrogens is 280 g/mol. The van der Waals surface area contributed by atoms with Crippen LogP contribution in [-0.2, 0) is 0 Å². The van der Waals surface area contributed by atoms with Crippen molar-refractivity contribution in [2.24, 2.45) is 28.6 Å². The lowest BCUT2D eigenvalue weighted by Crippen LogP contribution is -2.51. The van der Waals surface area contributed by atoms with Crippen LogP contribution in [0.15, 0.2) is 0 Å². The predicted octanol–water partition coefficient (Wildman–Crippen LogP) is 4.60. The first-order chi connectivity index (χ1) is 10.6. The van der Waals surface area contributed by atoms with Gasteiger partial charge in [-0.3, -0.25) is 0 Å². The van der Waals surface area contributed by atoms with Crippen LogP contribution in [-0.4, -0.2) is 25.2 Å². The van der Waals surface area contributed by atoms with Crippen LogP contribution < -0.4 is 10.6 Å². The van der Waals surface area contributed by atoms with E-state index in [4.69, 9.17) is 0 Å². The van der Waals surface area contributed by atoms with E-state index in [1.807, 2.05) is 0 Å². The van der Waals surface area contributed by atoms with Gasteiger partial charge < -0.3 is 10.6 Å². The van der Waals surface area contributed by atoms with E-state index in [9.17, 15) is 0 Å². The lowest BCUT2D eigenvalue weighted by Gasteiger charge is -2.57. The van der Waals surface area contributed by atoms with Crippen LogP contribution in [0.5, 0.6) is 0 Å². The largest absolute Gasteiger partial charge is 0.315 e. The van der Waals surface area contributed by atoms with Crippen molar-refractivity contribution in [3.05, 3.63) is 0 Å². The Balaban J connectivity index is 1.37. The Hall–Kier alpha value is -0.0800. The molecule has 0 saturated heterocycles. The normalized spacial score (nSPS) is 36.7. The second kappa shape index (κ2) is 6.33. The molecule has 4 rings (SSSR count). The minimum absolute atomic E-state index is 0.237. The van der Waals surface area contributed by atoms with Gasteiger partial charge in [0.2, 0.25) is 0 Å². The molecule has 0 spiro atoms. The first kappa shape index (κ1) is 17.7. The van der Waals surface area contributed by atoms with Crippen molar-refractivity contribution < 1.29 is 0 Å². The van der Waals surface area contributed by atoms with E-state index < -0.39 is 0 Å². The van der Waals surface area contributed by atoms with Crippen LogP contribution in [0.25, 0.3) is 0 Å². The minimum atomic E-state index is 0.237. The van der Waals surface area contributed by atoms with Crippen LogP contribution in [0.1, 0.15) is 79.6 Å². The van der Waals surface area contributed by atoms with E-state index in [1.165, 1.54) is 32.2 Å². The molecule has 4 aliphatic carbocycles. The molecule has 23 heavy (non-hydrogen) atoms. The Morgan fingerprint density at radius 3 is 1.83 bits per heavy atom. The van der Waals surface area contributed by atoms with E-state index >= 15 is 0 Å². The SMILES string of the molecule is CC(C)(C)CC(C)(C)NCCNCC12CC3CC(CC(C3)C1)C2. The van der Waals surface area contributed by atoms with Gasteiger partial charge in [0.25, 0.3) is 0 Å². The molecule has 4 aliphatic rings. The zero-order valence-corrected chi connectivity index (χ0v) is 16.3. The van der Waals surface area contributed by atoms with Gasteiger partial charge in [0.1, 0.15) is 0 Å². The maximum atomic E-state index is 3.82. The zero-order valence-electron chi connectivity index (χ0n) is 16.3. The van der Waals surface area contributed by atoms with Crippen LogP contribution in [0.4, 0.5) is 0 Å². The van der Waals surface area contributed by atoms with Gasteiger partial charge in [-0.15, -0.1) is 0 Å². The summed E-state index contributed by atoms with van der Waals surface area (Å²) in [6.07, 6.45) is 10.5. The van der Waals surface area contributed by atoms with Gasteiger partial charge in [-0.1, -0.05) is 20.8 Å². The molecule has 0 aromatic carbocycles. The highest BCUT2D eigenvalue weighted by Gasteiger charge is 2.50. The molecule has 0 aromatic rings. The molecule has 0 unspecified atom stereocenters. The van der Waals surface area contributed by atoms with Crippen molar-refractivity contribution in [3.63, 3.8) is 0 Å². The molecule has 4 bridgehead atoms. The fraction of sp³-hybridized carbons (Fsp3) is 1.00. The molecule has 4 saturated carbocycles. The molecule has 0 radical (unpaired) electrons. The van der Waals surface area contributed by atoms with Gasteiger partial charge >= 0.3 is 0 Å². The quantitative estimate of drug-likeness (QED) is 0.670. The van der Waals surface area contributed by atoms with E-state index in [1.54, 1.807) is 19.3 Å². The second-order valence-corrected chi connectivity index (χ2v) is 11.1. The molecule has 0 heterocycles. The highest BCUT2D eigenvalue weighted by Crippen LogP contribution is 2.59. The summed E-state index contributed by atoms with van der Waals surface area (Å²) in [6, 6.07) is 0. The smallest absolute Gasteiger partial charge is 0.0130 e. The molecule has 0 amide bonds. The average Bonchev–Trinajstić information content (AvgIpc) is 2.33. The molecule has 2 heteroatoms. The number of nitrogens with one attached hydrogen (secondary N) is 2. The van der Waals surface area contributed by atoms with Gasteiger partial charge in [0.05, 0.1) is 0 Å². The van der Waals surface area contributed by atoms with Gasteiger partial charge in [-0.2, -0.15) is 0 Å². The van der Waals surface area contributed by atoms with E-state index in [2.05, 4.69) is 45.3 Å². The summed E-state index contributed by atoms with van der Waals surface area (Å²) < 4.78 is 0. The van der Waals surface area contributed by atoms with Crippen molar-refractivity contribution in [2.45, 2.75) is 85.1 Å². The van der Waals surface area contributed by atoms with Gasteiger partial charge in [-0.05, 0) is 87.4 Å². The van der Waals surface area contributed by atoms with Crippen LogP contribution in [0.2, 0.25) is 0 Å². The van der Waals surface area contributed by atoms with Crippen molar-refractivity contribution in [2.75, 3.05) is 19.6 Å². The van der Waals surface area contributed by atoms with Crippen molar-refractivity contribution >= 4 is 0 Å². The molecule has 0 aromatic heterocycles. The van der Waals surface area contributed by atoms with Crippen molar-refractivity contribution in [1.29, 1.82) is 0 Å². The van der Waals surface area contributed by atoms with Crippen LogP contribution >= 0.6 is 0 Å². The van der Waals surface area contributed by atoms with Gasteiger partial charge in [-0.25, -0.2) is 0 Å². The lowest BCUT2D eigenvalue weighted by atomic mass is 9.49. The third kappa shape index (κ3) is 4.72. The highest BCUT2D eigenvalue weighted by atomic mass is 15.0. The minimum Gasteiger partial charge on any atom is -0.315 e. The summed E-state index contributed by atoms with van der Waals surface area (Å²) in [5.41, 5.74) is 1.30. The Labute approximate surface area is 144 Å². The Morgan fingerprint density at radius 1 is 0.826 bits per heavy atom. The fourth-order valence-corrected chi connectivity index (χ4v) is 6.74. The van der Waals surface area contributed by atoms with E-state index in [0.29, 0.717) is 10.8 Å². The fourth-order valence-electron chi connectivity index (χ4n) is 6.74. The molecule has 134 valence electrons. The van der Waals surface area contributed by atoms with Crippen molar-refractivity contribution in [3.8, 4) is 0 Å². The average molecular weight is 321 g/mol. The van der Waals surface area contributed by atoms with Gasteiger partial charge in [0.15, 0.2) is 0 Å². The second-order valence-electron chi connectivity index (χ2n) is 11.1. The van der Waals surface area contributed by atoms with Crippen LogP contribution in [0, 0.1) is 28.6 Å². The Morgan fingerprint density at radius 2 is 1.35 bits per heavy atom. The molecule has 4 fully saturated rings. The monoisotopic (exact) mass is 320 g/mol. The Kier molecular flexibility index (Phi) is 4.88. The summed E-state index contributed by atoms with van der Waals surface area (Å²) in [5.74, 6) is 3.23. The standard InChI is InChI=1S/C21H40N2/c1-19(2,3)14-20(4,5)23-7-6-22-15-21-11-16-8-17(12-21)10-18(9-16)13-21/h16-18,22-23H,6-15H2,1-5H3. The third-order valence-corrected chi connectivity index (χ3v) is 6.54. The number of rotatable bonds is 7. The summed E-state index contributed by atoms with van der Waals surface area (Å²) in [5, 5.41) is 7.58. The number of hydrogen-bond donors (Lipinski definition) is 2. The molecule has 0 aliphatic heterocycles. The first-order valence-electron chi connectivity index (χ1n) is 10.1. The topological polar surface area (TPSA) is 24.1 Å². The van der Waals surface area contributed by atoms with E-state index in [-0.39, 0.29) is 5.54 Å². The summed E-state index contributed by atoms with van der Waals surface area (Å²) in [7, 11) is 0. The predicted molar refractivity (Wildman–Crippen MR) is 99.6 cm³/mol. The molecule has 2 N–H and O–H groups in total.